The Hall–Kier alpha value is -1.51. The maximum absolute atomic E-state index is 11.5. The molecule has 0 radical (unpaired) electrons. The van der Waals surface area contributed by atoms with Crippen LogP contribution in [0.1, 0.15) is 50.2 Å². The second kappa shape index (κ2) is 6.97. The van der Waals surface area contributed by atoms with E-state index in [4.69, 9.17) is 9.47 Å². The lowest BCUT2D eigenvalue weighted by atomic mass is 9.91. The maximum Gasteiger partial charge on any atom is 0.308 e. The van der Waals surface area contributed by atoms with Crippen molar-refractivity contribution in [3.05, 3.63) is 29.3 Å². The Morgan fingerprint density at radius 1 is 1.43 bits per heavy atom. The third-order valence-electron chi connectivity index (χ3n) is 4.33. The van der Waals surface area contributed by atoms with Crippen molar-refractivity contribution in [3.8, 4) is 5.75 Å². The highest BCUT2D eigenvalue weighted by Crippen LogP contribution is 2.46. The van der Waals surface area contributed by atoms with E-state index in [-0.39, 0.29) is 11.9 Å². The Kier molecular flexibility index (Phi) is 5.27. The molecule has 0 aliphatic heterocycles. The highest BCUT2D eigenvalue weighted by molar-refractivity contribution is 5.75. The van der Waals surface area contributed by atoms with Crippen molar-refractivity contribution < 1.29 is 14.3 Å². The predicted molar refractivity (Wildman–Crippen MR) is 83.6 cm³/mol. The molecule has 116 valence electrons. The molecule has 1 aromatic rings. The van der Waals surface area contributed by atoms with Gasteiger partial charge in [-0.1, -0.05) is 19.9 Å². The van der Waals surface area contributed by atoms with Crippen LogP contribution in [0.25, 0.3) is 0 Å². The van der Waals surface area contributed by atoms with Crippen molar-refractivity contribution in [1.29, 1.82) is 0 Å². The summed E-state index contributed by atoms with van der Waals surface area (Å²) in [4.78, 5) is 11.5. The van der Waals surface area contributed by atoms with Gasteiger partial charge in [-0.05, 0) is 61.3 Å². The Labute approximate surface area is 127 Å². The maximum atomic E-state index is 11.5. The minimum atomic E-state index is -0.0489. The third kappa shape index (κ3) is 3.99. The number of rotatable bonds is 7. The van der Waals surface area contributed by atoms with Gasteiger partial charge >= 0.3 is 5.97 Å². The average Bonchev–Trinajstić information content (AvgIpc) is 3.23. The van der Waals surface area contributed by atoms with Crippen LogP contribution in [0.2, 0.25) is 0 Å². The van der Waals surface area contributed by atoms with E-state index in [1.165, 1.54) is 18.2 Å². The second-order valence-corrected chi connectivity index (χ2v) is 6.13. The SMILES string of the molecule is CCCOc1ccc(C(C)CC2CC2C(=O)OC)c(C)c1. The molecule has 0 spiro atoms. The lowest BCUT2D eigenvalue weighted by molar-refractivity contribution is -0.142. The van der Waals surface area contributed by atoms with E-state index in [9.17, 15) is 4.79 Å². The van der Waals surface area contributed by atoms with Crippen LogP contribution in [0.5, 0.6) is 5.75 Å². The first-order valence-corrected chi connectivity index (χ1v) is 7.88. The molecule has 0 heterocycles. The van der Waals surface area contributed by atoms with Crippen molar-refractivity contribution in [2.45, 2.75) is 46.0 Å². The molecule has 1 fully saturated rings. The van der Waals surface area contributed by atoms with E-state index >= 15 is 0 Å². The molecule has 1 aliphatic rings. The molecular formula is C18H26O3. The molecule has 1 aromatic carbocycles. The lowest BCUT2D eigenvalue weighted by Crippen LogP contribution is -2.06. The van der Waals surface area contributed by atoms with Gasteiger partial charge in [-0.3, -0.25) is 4.79 Å². The molecule has 1 aliphatic carbocycles. The first-order chi connectivity index (χ1) is 10.1. The van der Waals surface area contributed by atoms with Crippen molar-refractivity contribution in [2.75, 3.05) is 13.7 Å². The molecule has 3 atom stereocenters. The summed E-state index contributed by atoms with van der Waals surface area (Å²) < 4.78 is 10.5. The topological polar surface area (TPSA) is 35.5 Å². The Balaban J connectivity index is 1.94. The summed E-state index contributed by atoms with van der Waals surface area (Å²) in [6.45, 7) is 7.24. The highest BCUT2D eigenvalue weighted by atomic mass is 16.5. The van der Waals surface area contributed by atoms with Gasteiger partial charge in [-0.15, -0.1) is 0 Å². The van der Waals surface area contributed by atoms with E-state index in [1.807, 2.05) is 0 Å². The van der Waals surface area contributed by atoms with Gasteiger partial charge in [0.1, 0.15) is 5.75 Å². The molecule has 2 rings (SSSR count). The highest BCUT2D eigenvalue weighted by Gasteiger charge is 2.44. The number of ether oxygens (including phenoxy) is 2. The summed E-state index contributed by atoms with van der Waals surface area (Å²) in [7, 11) is 1.47. The number of benzene rings is 1. The van der Waals surface area contributed by atoms with Crippen molar-refractivity contribution in [3.63, 3.8) is 0 Å². The zero-order chi connectivity index (χ0) is 15.4. The van der Waals surface area contributed by atoms with Crippen molar-refractivity contribution >= 4 is 5.97 Å². The monoisotopic (exact) mass is 290 g/mol. The minimum absolute atomic E-state index is 0.0489. The van der Waals surface area contributed by atoms with Crippen LogP contribution in [0.3, 0.4) is 0 Å². The Morgan fingerprint density at radius 2 is 2.19 bits per heavy atom. The van der Waals surface area contributed by atoms with E-state index in [0.29, 0.717) is 11.8 Å². The smallest absolute Gasteiger partial charge is 0.308 e. The largest absolute Gasteiger partial charge is 0.494 e. The predicted octanol–water partition coefficient (Wildman–Crippen LogP) is 4.09. The minimum Gasteiger partial charge on any atom is -0.494 e. The van der Waals surface area contributed by atoms with E-state index < -0.39 is 0 Å². The molecule has 3 unspecified atom stereocenters. The van der Waals surface area contributed by atoms with Gasteiger partial charge in [0.2, 0.25) is 0 Å². The van der Waals surface area contributed by atoms with E-state index in [1.54, 1.807) is 0 Å². The van der Waals surface area contributed by atoms with E-state index in [2.05, 4.69) is 39.0 Å². The van der Waals surface area contributed by atoms with Gasteiger partial charge in [0.15, 0.2) is 0 Å². The number of hydrogen-bond acceptors (Lipinski definition) is 3. The first kappa shape index (κ1) is 15.9. The fraction of sp³-hybridized carbons (Fsp3) is 0.611. The molecular weight excluding hydrogens is 264 g/mol. The van der Waals surface area contributed by atoms with Gasteiger partial charge in [0, 0.05) is 0 Å². The number of esters is 1. The van der Waals surface area contributed by atoms with Crippen molar-refractivity contribution in [1.82, 2.24) is 0 Å². The summed E-state index contributed by atoms with van der Waals surface area (Å²) in [5.74, 6) is 1.98. The third-order valence-corrected chi connectivity index (χ3v) is 4.33. The average molecular weight is 290 g/mol. The molecule has 0 N–H and O–H groups in total. The van der Waals surface area contributed by atoms with Crippen molar-refractivity contribution in [2.24, 2.45) is 11.8 Å². The number of methoxy groups -OCH3 is 1. The number of aryl methyl sites for hydroxylation is 1. The number of hydrogen-bond donors (Lipinski definition) is 0. The molecule has 3 nitrogen and oxygen atoms in total. The number of carbonyl (C=O) groups excluding carboxylic acids is 1. The van der Waals surface area contributed by atoms with Gasteiger partial charge in [0.25, 0.3) is 0 Å². The second-order valence-electron chi connectivity index (χ2n) is 6.13. The summed E-state index contributed by atoms with van der Waals surface area (Å²) >= 11 is 0. The fourth-order valence-corrected chi connectivity index (χ4v) is 3.04. The summed E-state index contributed by atoms with van der Waals surface area (Å²) in [6, 6.07) is 6.34. The van der Waals surface area contributed by atoms with Gasteiger partial charge in [-0.25, -0.2) is 0 Å². The van der Waals surface area contributed by atoms with E-state index in [0.717, 1.165) is 31.6 Å². The van der Waals surface area contributed by atoms with Crippen LogP contribution in [-0.2, 0) is 9.53 Å². The molecule has 0 amide bonds. The van der Waals surface area contributed by atoms with Gasteiger partial charge in [0.05, 0.1) is 19.6 Å². The lowest BCUT2D eigenvalue weighted by Gasteiger charge is -2.16. The molecule has 0 aromatic heterocycles. The molecule has 0 saturated heterocycles. The standard InChI is InChI=1S/C18H26O3/c1-5-8-21-15-6-7-16(13(3)10-15)12(2)9-14-11-17(14)18(19)20-4/h6-7,10,12,14,17H,5,8-9,11H2,1-4H3. The molecule has 21 heavy (non-hydrogen) atoms. The van der Waals surface area contributed by atoms with Crippen LogP contribution in [-0.4, -0.2) is 19.7 Å². The summed E-state index contributed by atoms with van der Waals surface area (Å²) in [5, 5.41) is 0. The van der Waals surface area contributed by atoms with Crippen LogP contribution < -0.4 is 4.74 Å². The quantitative estimate of drug-likeness (QED) is 0.710. The van der Waals surface area contributed by atoms with Crippen LogP contribution in [0, 0.1) is 18.8 Å². The van der Waals surface area contributed by atoms with Crippen LogP contribution in [0.15, 0.2) is 18.2 Å². The summed E-state index contributed by atoms with van der Waals surface area (Å²) in [5.41, 5.74) is 2.63. The van der Waals surface area contributed by atoms with Crippen LogP contribution >= 0.6 is 0 Å². The molecule has 3 heteroatoms. The number of carbonyl (C=O) groups is 1. The molecule has 0 bridgehead atoms. The van der Waals surface area contributed by atoms with Crippen LogP contribution in [0.4, 0.5) is 0 Å². The Morgan fingerprint density at radius 3 is 2.81 bits per heavy atom. The Bertz CT molecular complexity index is 495. The van der Waals surface area contributed by atoms with Gasteiger partial charge < -0.3 is 9.47 Å². The zero-order valence-electron chi connectivity index (χ0n) is 13.5. The molecule has 1 saturated carbocycles. The normalized spacial score (nSPS) is 21.7. The summed E-state index contributed by atoms with van der Waals surface area (Å²) in [6.07, 6.45) is 3.05. The first-order valence-electron chi connectivity index (χ1n) is 7.88. The zero-order valence-corrected chi connectivity index (χ0v) is 13.5. The fourth-order valence-electron chi connectivity index (χ4n) is 3.04. The van der Waals surface area contributed by atoms with Gasteiger partial charge in [-0.2, -0.15) is 0 Å².